The first-order valence-electron chi connectivity index (χ1n) is 28.1. The van der Waals surface area contributed by atoms with Crippen molar-refractivity contribution in [2.24, 2.45) is 11.8 Å². The number of benzene rings is 6. The Morgan fingerprint density at radius 1 is 0.386 bits per heavy atom. The summed E-state index contributed by atoms with van der Waals surface area (Å²) in [6.07, 6.45) is 9.93. The van der Waals surface area contributed by atoms with Crippen LogP contribution in [0.25, 0.3) is 23.3 Å². The fourth-order valence-corrected chi connectivity index (χ4v) is 13.9. The zero-order valence-electron chi connectivity index (χ0n) is 46.3. The molecule has 0 saturated heterocycles. The number of thiophene rings is 2. The van der Waals surface area contributed by atoms with Gasteiger partial charge in [0.15, 0.2) is 23.1 Å². The molecule has 6 aromatic carbocycles. The fraction of sp³-hybridized carbons (Fsp3) is 0.111. The van der Waals surface area contributed by atoms with Crippen molar-refractivity contribution in [3.63, 3.8) is 0 Å². The van der Waals surface area contributed by atoms with Gasteiger partial charge in [0, 0.05) is 66.1 Å². The molecule has 16 heteroatoms. The van der Waals surface area contributed by atoms with E-state index in [-0.39, 0.29) is 82.5 Å². The number of ether oxygens (including phenoxy) is 6. The molecule has 4 aliphatic carbocycles. The van der Waals surface area contributed by atoms with Gasteiger partial charge in [-0.3, -0.25) is 19.2 Å². The molecule has 14 nitrogen and oxygen atoms in total. The van der Waals surface area contributed by atoms with Gasteiger partial charge in [-0.1, -0.05) is 194 Å². The highest BCUT2D eigenvalue weighted by Gasteiger charge is 2.63. The first-order chi connectivity index (χ1) is 42.9. The number of allylic oxidation sites excluding steroid dienone is 6. The topological polar surface area (TPSA) is 192 Å². The number of ketones is 4. The summed E-state index contributed by atoms with van der Waals surface area (Å²) in [5, 5.41) is 0. The van der Waals surface area contributed by atoms with E-state index in [1.54, 1.807) is 182 Å². The molecular formula is C72H46O14S2. The van der Waals surface area contributed by atoms with E-state index in [1.165, 1.54) is 12.2 Å². The standard InChI is InChI=1S/C72H46O14S2/c73-61-49-25-13-14-26-50(49)62(74)55(61)33-47-35-59-65(87-47)53-29-46-32-58-54(30-45(46)31-57(53)71(85-59,67(77)81-37-41-17-5-1-6-18-41)68(78)82-38-42-19-7-2-8-20-42)66-60(36-48(88-66)34-56-63(75)51-27-15-16-28-52(51)64(56)76)86-72(58,69(79)83-39-43-21-9-3-10-22-43)70(80)84-40-44-23-11-4-12-24-44/h1-36,45-46H,37-40H2. The highest BCUT2D eigenvalue weighted by Crippen LogP contribution is 2.58. The summed E-state index contributed by atoms with van der Waals surface area (Å²) in [5.74, 6) is -7.89. The van der Waals surface area contributed by atoms with Crippen LogP contribution in [0.2, 0.25) is 0 Å². The maximum Gasteiger partial charge on any atom is 0.367 e. The van der Waals surface area contributed by atoms with Gasteiger partial charge in [0.25, 0.3) is 0 Å². The average Bonchev–Trinajstić information content (AvgIpc) is 1.04. The van der Waals surface area contributed by atoms with Gasteiger partial charge >= 0.3 is 35.1 Å². The van der Waals surface area contributed by atoms with E-state index in [1.807, 2.05) is 24.3 Å². The molecule has 8 aromatic rings. The molecule has 0 spiro atoms. The number of Topliss-reactive ketones (excluding diaryl/α,β-unsaturated/α-hetero) is 4. The molecule has 0 fully saturated rings. The number of carbonyl (C=O) groups is 8. The predicted octanol–water partition coefficient (Wildman–Crippen LogP) is 12.6. The lowest BCUT2D eigenvalue weighted by Crippen LogP contribution is -2.58. The van der Waals surface area contributed by atoms with E-state index < -0.39 is 70.0 Å². The summed E-state index contributed by atoms with van der Waals surface area (Å²) in [5.41, 5.74) is -1.33. The lowest BCUT2D eigenvalue weighted by Gasteiger charge is -2.42. The van der Waals surface area contributed by atoms with Gasteiger partial charge in [0.05, 0.1) is 20.9 Å². The molecule has 2 aromatic heterocycles. The third-order valence-electron chi connectivity index (χ3n) is 16.1. The van der Waals surface area contributed by atoms with Crippen LogP contribution in [0.1, 0.15) is 83.2 Å². The minimum absolute atomic E-state index is 0.0265. The van der Waals surface area contributed by atoms with Crippen LogP contribution in [0, 0.1) is 11.8 Å². The van der Waals surface area contributed by atoms with Crippen molar-refractivity contribution in [3.8, 4) is 11.5 Å². The van der Waals surface area contributed by atoms with E-state index >= 15 is 19.2 Å². The van der Waals surface area contributed by atoms with Crippen LogP contribution in [0.4, 0.5) is 0 Å². The summed E-state index contributed by atoms with van der Waals surface area (Å²) in [4.78, 5) is 119. The van der Waals surface area contributed by atoms with E-state index in [4.69, 9.17) is 28.4 Å². The Morgan fingerprint density at radius 2 is 0.659 bits per heavy atom. The van der Waals surface area contributed by atoms with Crippen LogP contribution >= 0.6 is 22.7 Å². The minimum Gasteiger partial charge on any atom is -0.458 e. The Bertz CT molecular complexity index is 4030. The van der Waals surface area contributed by atoms with Crippen LogP contribution < -0.4 is 9.47 Å². The molecule has 2 unspecified atom stereocenters. The monoisotopic (exact) mass is 1200 g/mol. The molecule has 0 radical (unpaired) electrons. The van der Waals surface area contributed by atoms with E-state index in [0.29, 0.717) is 52.9 Å². The number of hydrogen-bond acceptors (Lipinski definition) is 16. The summed E-state index contributed by atoms with van der Waals surface area (Å²) >= 11 is 2.28. The van der Waals surface area contributed by atoms with Gasteiger partial charge in [-0.15, -0.1) is 22.7 Å². The Morgan fingerprint density at radius 3 is 0.943 bits per heavy atom. The highest BCUT2D eigenvalue weighted by atomic mass is 32.1. The molecule has 6 aliphatic rings. The molecule has 14 rings (SSSR count). The normalized spacial score (nSPS) is 17.7. The quantitative estimate of drug-likeness (QED) is 0.0328. The van der Waals surface area contributed by atoms with E-state index in [2.05, 4.69) is 0 Å². The summed E-state index contributed by atoms with van der Waals surface area (Å²) < 4.78 is 38.1. The van der Waals surface area contributed by atoms with Gasteiger partial charge in [0.1, 0.15) is 37.9 Å². The average molecular weight is 1200 g/mol. The third-order valence-corrected chi connectivity index (χ3v) is 18.2. The smallest absolute Gasteiger partial charge is 0.367 e. The van der Waals surface area contributed by atoms with Crippen molar-refractivity contribution in [2.75, 3.05) is 0 Å². The van der Waals surface area contributed by atoms with Crippen LogP contribution in [-0.4, -0.2) is 58.2 Å². The van der Waals surface area contributed by atoms with Gasteiger partial charge in [-0.2, -0.15) is 0 Å². The number of carbonyl (C=O) groups excluding carboxylic acids is 8. The van der Waals surface area contributed by atoms with Crippen molar-refractivity contribution < 1.29 is 66.8 Å². The second-order valence-corrected chi connectivity index (χ2v) is 23.7. The first kappa shape index (κ1) is 55.2. The fourth-order valence-electron chi connectivity index (χ4n) is 11.7. The second-order valence-electron chi connectivity index (χ2n) is 21.5. The molecular weight excluding hydrogens is 1150 g/mol. The Labute approximate surface area is 510 Å². The molecule has 0 saturated carbocycles. The summed E-state index contributed by atoms with van der Waals surface area (Å²) in [6, 6.07) is 51.7. The molecule has 2 atom stereocenters. The van der Waals surface area contributed by atoms with Crippen molar-refractivity contribution in [1.29, 1.82) is 0 Å². The van der Waals surface area contributed by atoms with Crippen molar-refractivity contribution >= 4 is 93.0 Å². The maximum absolute atomic E-state index is 15.5. The highest BCUT2D eigenvalue weighted by molar-refractivity contribution is 7.15. The molecule has 2 aliphatic heterocycles. The number of rotatable bonds is 14. The SMILES string of the molecule is O=C1C(=Cc2cc3c(s2)C2=CC4C=C5C(=CC4C=C2C(C(=O)OCc2ccccc2)(C(=O)OCc2ccccc2)O3)c2sc(C=C3C(=O)c4ccccc4C3=O)cc2OC5(C(=O)OCc2ccccc2)C(=O)OCc2ccccc2)C(=O)c2ccccc21. The predicted molar refractivity (Wildman–Crippen MR) is 326 cm³/mol. The van der Waals surface area contributed by atoms with Crippen LogP contribution in [0.3, 0.4) is 0 Å². The Kier molecular flexibility index (Phi) is 14.0. The number of esters is 4. The lowest BCUT2D eigenvalue weighted by atomic mass is 9.68. The molecule has 0 N–H and O–H groups in total. The maximum atomic E-state index is 15.5. The minimum atomic E-state index is -2.66. The lowest BCUT2D eigenvalue weighted by molar-refractivity contribution is -0.179. The van der Waals surface area contributed by atoms with Gasteiger partial charge in [-0.05, 0) is 46.5 Å². The number of fused-ring (bicyclic) bond motifs is 9. The van der Waals surface area contributed by atoms with Crippen LogP contribution in [0.15, 0.2) is 229 Å². The van der Waals surface area contributed by atoms with Gasteiger partial charge < -0.3 is 28.4 Å². The number of hydrogen-bond donors (Lipinski definition) is 0. The Hall–Kier alpha value is -10.7. The summed E-state index contributed by atoms with van der Waals surface area (Å²) in [7, 11) is 0. The second kappa shape index (κ2) is 22.3. The molecule has 88 heavy (non-hydrogen) atoms. The zero-order chi connectivity index (χ0) is 60.3. The van der Waals surface area contributed by atoms with Crippen molar-refractivity contribution in [2.45, 2.75) is 37.6 Å². The molecule has 430 valence electrons. The molecule has 0 bridgehead atoms. The largest absolute Gasteiger partial charge is 0.458 e. The molecule has 0 amide bonds. The third kappa shape index (κ3) is 9.50. The van der Waals surface area contributed by atoms with Crippen molar-refractivity contribution in [1.82, 2.24) is 0 Å². The van der Waals surface area contributed by atoms with Crippen molar-refractivity contribution in [3.05, 3.63) is 293 Å². The van der Waals surface area contributed by atoms with Crippen LogP contribution in [-0.2, 0) is 64.6 Å². The van der Waals surface area contributed by atoms with Gasteiger partial charge in [-0.25, -0.2) is 19.2 Å². The van der Waals surface area contributed by atoms with E-state index in [9.17, 15) is 19.2 Å². The first-order valence-corrected chi connectivity index (χ1v) is 29.7. The van der Waals surface area contributed by atoms with Crippen LogP contribution in [0.5, 0.6) is 11.5 Å². The molecule has 4 heterocycles. The van der Waals surface area contributed by atoms with E-state index in [0.717, 1.165) is 22.7 Å². The van der Waals surface area contributed by atoms with Gasteiger partial charge in [0.2, 0.25) is 0 Å². The Balaban J connectivity index is 0.953. The summed E-state index contributed by atoms with van der Waals surface area (Å²) in [6.45, 7) is -1.07. The zero-order valence-corrected chi connectivity index (χ0v) is 47.9.